The summed E-state index contributed by atoms with van der Waals surface area (Å²) in [5.74, 6) is 1.14. The Morgan fingerprint density at radius 3 is 2.90 bits per heavy atom. The molecule has 0 atom stereocenters. The summed E-state index contributed by atoms with van der Waals surface area (Å²) in [6.07, 6.45) is 4.99. The van der Waals surface area contributed by atoms with Gasteiger partial charge in [-0.3, -0.25) is 4.79 Å². The number of rotatable bonds is 6. The molecule has 1 amide bonds. The Labute approximate surface area is 128 Å². The number of nitrogen functional groups attached to an aromatic ring is 1. The van der Waals surface area contributed by atoms with Crippen molar-refractivity contribution in [3.8, 4) is 0 Å². The first-order valence-corrected chi connectivity index (χ1v) is 8.43. The van der Waals surface area contributed by atoms with Crippen LogP contribution in [0.3, 0.4) is 0 Å². The third kappa shape index (κ3) is 3.85. The van der Waals surface area contributed by atoms with E-state index in [1.54, 1.807) is 0 Å². The molecule has 21 heavy (non-hydrogen) atoms. The van der Waals surface area contributed by atoms with E-state index in [0.29, 0.717) is 23.9 Å². The van der Waals surface area contributed by atoms with Crippen LogP contribution in [-0.2, 0) is 4.74 Å². The van der Waals surface area contributed by atoms with Crippen molar-refractivity contribution >= 4 is 28.2 Å². The molecule has 0 aromatic carbocycles. The molecule has 0 radical (unpaired) electrons. The van der Waals surface area contributed by atoms with Crippen LogP contribution in [0.25, 0.3) is 0 Å². The SMILES string of the molecule is Nc1nc(N2CCOCC2)sc1C(=O)NCCCC1CC1. The average Bonchev–Trinajstić information content (AvgIpc) is 3.25. The Bertz CT molecular complexity index is 495. The van der Waals surface area contributed by atoms with Crippen molar-refractivity contribution in [1.82, 2.24) is 10.3 Å². The normalized spacial score (nSPS) is 18.8. The minimum absolute atomic E-state index is 0.0969. The second-order valence-corrected chi connectivity index (χ2v) is 6.63. The van der Waals surface area contributed by atoms with Gasteiger partial charge in [0.15, 0.2) is 5.13 Å². The molecule has 1 aromatic rings. The average molecular weight is 310 g/mol. The molecule has 2 fully saturated rings. The van der Waals surface area contributed by atoms with Crippen LogP contribution in [0.15, 0.2) is 0 Å². The maximum Gasteiger partial charge on any atom is 0.265 e. The van der Waals surface area contributed by atoms with Gasteiger partial charge in [0.1, 0.15) is 10.7 Å². The first-order valence-electron chi connectivity index (χ1n) is 7.61. The topological polar surface area (TPSA) is 80.5 Å². The van der Waals surface area contributed by atoms with E-state index in [2.05, 4.69) is 15.2 Å². The molecular formula is C14H22N4O2S. The van der Waals surface area contributed by atoms with Crippen molar-refractivity contribution in [3.05, 3.63) is 4.88 Å². The van der Waals surface area contributed by atoms with Crippen LogP contribution in [-0.4, -0.2) is 43.7 Å². The van der Waals surface area contributed by atoms with E-state index in [1.165, 1.54) is 30.6 Å². The lowest BCUT2D eigenvalue weighted by atomic mass is 10.2. The second-order valence-electron chi connectivity index (χ2n) is 5.65. The van der Waals surface area contributed by atoms with E-state index in [4.69, 9.17) is 10.5 Å². The minimum atomic E-state index is -0.0969. The Morgan fingerprint density at radius 2 is 2.19 bits per heavy atom. The quantitative estimate of drug-likeness (QED) is 0.778. The molecule has 116 valence electrons. The summed E-state index contributed by atoms with van der Waals surface area (Å²) in [7, 11) is 0. The first kappa shape index (κ1) is 14.6. The molecule has 1 saturated heterocycles. The smallest absolute Gasteiger partial charge is 0.265 e. The summed E-state index contributed by atoms with van der Waals surface area (Å²) in [4.78, 5) is 19.1. The molecule has 0 bridgehead atoms. The molecule has 1 aliphatic heterocycles. The summed E-state index contributed by atoms with van der Waals surface area (Å²) in [6, 6.07) is 0. The summed E-state index contributed by atoms with van der Waals surface area (Å²) in [5, 5.41) is 3.77. The lowest BCUT2D eigenvalue weighted by Crippen LogP contribution is -2.36. The molecule has 2 heterocycles. The van der Waals surface area contributed by atoms with Crippen LogP contribution in [0.4, 0.5) is 10.9 Å². The molecule has 0 spiro atoms. The highest BCUT2D eigenvalue weighted by atomic mass is 32.1. The van der Waals surface area contributed by atoms with Gasteiger partial charge in [-0.15, -0.1) is 0 Å². The Kier molecular flexibility index (Phi) is 4.60. The maximum absolute atomic E-state index is 12.2. The van der Waals surface area contributed by atoms with Crippen LogP contribution < -0.4 is 16.0 Å². The molecule has 1 aromatic heterocycles. The number of thiazole rings is 1. The minimum Gasteiger partial charge on any atom is -0.382 e. The van der Waals surface area contributed by atoms with Gasteiger partial charge in [-0.25, -0.2) is 4.98 Å². The molecule has 1 saturated carbocycles. The van der Waals surface area contributed by atoms with Gasteiger partial charge in [-0.2, -0.15) is 0 Å². The lowest BCUT2D eigenvalue weighted by molar-refractivity contribution is 0.0957. The highest BCUT2D eigenvalue weighted by Gasteiger charge is 2.22. The third-order valence-electron chi connectivity index (χ3n) is 3.90. The zero-order valence-corrected chi connectivity index (χ0v) is 13.0. The van der Waals surface area contributed by atoms with Gasteiger partial charge in [-0.05, 0) is 18.8 Å². The van der Waals surface area contributed by atoms with E-state index < -0.39 is 0 Å². The number of anilines is 2. The fraction of sp³-hybridized carbons (Fsp3) is 0.714. The number of hydrogen-bond acceptors (Lipinski definition) is 6. The Hall–Kier alpha value is -1.34. The van der Waals surface area contributed by atoms with Gasteiger partial charge < -0.3 is 20.7 Å². The number of nitrogens with two attached hydrogens (primary N) is 1. The van der Waals surface area contributed by atoms with E-state index in [-0.39, 0.29) is 5.91 Å². The summed E-state index contributed by atoms with van der Waals surface area (Å²) < 4.78 is 5.32. The molecule has 1 aliphatic carbocycles. The van der Waals surface area contributed by atoms with Gasteiger partial charge >= 0.3 is 0 Å². The Balaban J connectivity index is 1.53. The molecule has 7 heteroatoms. The van der Waals surface area contributed by atoms with E-state index >= 15 is 0 Å². The summed E-state index contributed by atoms with van der Waals surface area (Å²) in [5.41, 5.74) is 5.89. The molecule has 3 N–H and O–H groups in total. The van der Waals surface area contributed by atoms with E-state index in [0.717, 1.165) is 37.1 Å². The number of carbonyl (C=O) groups excluding carboxylic acids is 1. The van der Waals surface area contributed by atoms with Crippen molar-refractivity contribution in [1.29, 1.82) is 0 Å². The van der Waals surface area contributed by atoms with E-state index in [9.17, 15) is 4.79 Å². The van der Waals surface area contributed by atoms with Gasteiger partial charge in [0.2, 0.25) is 0 Å². The summed E-state index contributed by atoms with van der Waals surface area (Å²) in [6.45, 7) is 3.72. The zero-order valence-electron chi connectivity index (χ0n) is 12.1. The van der Waals surface area contributed by atoms with Gasteiger partial charge in [-0.1, -0.05) is 24.2 Å². The van der Waals surface area contributed by atoms with Crippen LogP contribution in [0.5, 0.6) is 0 Å². The lowest BCUT2D eigenvalue weighted by Gasteiger charge is -2.25. The van der Waals surface area contributed by atoms with Crippen LogP contribution in [0.2, 0.25) is 0 Å². The number of hydrogen-bond donors (Lipinski definition) is 2. The van der Waals surface area contributed by atoms with Crippen LogP contribution in [0.1, 0.15) is 35.4 Å². The Morgan fingerprint density at radius 1 is 1.43 bits per heavy atom. The largest absolute Gasteiger partial charge is 0.382 e. The van der Waals surface area contributed by atoms with Crippen LogP contribution in [0, 0.1) is 5.92 Å². The number of ether oxygens (including phenoxy) is 1. The number of aromatic nitrogens is 1. The number of morpholine rings is 1. The highest BCUT2D eigenvalue weighted by molar-refractivity contribution is 7.18. The molecule has 2 aliphatic rings. The van der Waals surface area contributed by atoms with Crippen molar-refractivity contribution in [3.63, 3.8) is 0 Å². The van der Waals surface area contributed by atoms with Gasteiger partial charge in [0, 0.05) is 19.6 Å². The maximum atomic E-state index is 12.2. The van der Waals surface area contributed by atoms with Crippen molar-refractivity contribution < 1.29 is 9.53 Å². The predicted octanol–water partition coefficient (Wildman–Crippen LogP) is 1.48. The molecule has 0 unspecified atom stereocenters. The zero-order chi connectivity index (χ0) is 14.7. The predicted molar refractivity (Wildman–Crippen MR) is 83.8 cm³/mol. The third-order valence-corrected chi connectivity index (χ3v) is 5.03. The fourth-order valence-corrected chi connectivity index (χ4v) is 3.41. The van der Waals surface area contributed by atoms with Crippen molar-refractivity contribution in [2.75, 3.05) is 43.5 Å². The second kappa shape index (κ2) is 6.62. The monoisotopic (exact) mass is 310 g/mol. The standard InChI is InChI=1S/C14H22N4O2S/c15-12-11(13(19)16-5-1-2-10-3-4-10)21-14(17-12)18-6-8-20-9-7-18/h10H,1-9,15H2,(H,16,19). The van der Waals surface area contributed by atoms with Crippen LogP contribution >= 0.6 is 11.3 Å². The fourth-order valence-electron chi connectivity index (χ4n) is 2.45. The van der Waals surface area contributed by atoms with Crippen molar-refractivity contribution in [2.24, 2.45) is 5.92 Å². The van der Waals surface area contributed by atoms with E-state index in [1.807, 2.05) is 0 Å². The van der Waals surface area contributed by atoms with Crippen molar-refractivity contribution in [2.45, 2.75) is 25.7 Å². The molecular weight excluding hydrogens is 288 g/mol. The first-order chi connectivity index (χ1) is 10.2. The number of nitrogens with one attached hydrogen (secondary N) is 1. The highest BCUT2D eigenvalue weighted by Crippen LogP contribution is 2.33. The molecule has 3 rings (SSSR count). The summed E-state index contributed by atoms with van der Waals surface area (Å²) >= 11 is 1.37. The number of nitrogens with zero attached hydrogens (tertiary/aromatic N) is 2. The number of amides is 1. The van der Waals surface area contributed by atoms with Gasteiger partial charge in [0.05, 0.1) is 13.2 Å². The molecule has 6 nitrogen and oxygen atoms in total. The number of carbonyl (C=O) groups is 1. The van der Waals surface area contributed by atoms with Gasteiger partial charge in [0.25, 0.3) is 5.91 Å².